The predicted molar refractivity (Wildman–Crippen MR) is 69.3 cm³/mol. The van der Waals surface area contributed by atoms with Crippen LogP contribution in [0.5, 0.6) is 0 Å². The summed E-state index contributed by atoms with van der Waals surface area (Å²) in [7, 11) is 0. The Morgan fingerprint density at radius 1 is 1.29 bits per heavy atom. The molecule has 1 atom stereocenters. The average Bonchev–Trinajstić information content (AvgIpc) is 2.58. The first-order chi connectivity index (χ1) is 7.99. The lowest BCUT2D eigenvalue weighted by Crippen LogP contribution is -2.01. The Hall–Kier alpha value is -0.650. The number of halogens is 3. The molecule has 0 saturated heterocycles. The molecular weight excluding hydrogens is 355 g/mol. The highest BCUT2D eigenvalue weighted by atomic mass is 79.9. The molecule has 0 bridgehead atoms. The van der Waals surface area contributed by atoms with Crippen molar-refractivity contribution in [3.8, 4) is 0 Å². The molecule has 17 heavy (non-hydrogen) atoms. The zero-order valence-electron chi connectivity index (χ0n) is 8.88. The van der Waals surface area contributed by atoms with E-state index < -0.39 is 6.10 Å². The van der Waals surface area contributed by atoms with E-state index in [9.17, 15) is 9.50 Å². The summed E-state index contributed by atoms with van der Waals surface area (Å²) in [5, 5.41) is 10.1. The van der Waals surface area contributed by atoms with Crippen molar-refractivity contribution in [3.63, 3.8) is 0 Å². The van der Waals surface area contributed by atoms with Crippen molar-refractivity contribution in [2.24, 2.45) is 0 Å². The maximum Gasteiger partial charge on any atom is 0.183 e. The molecule has 2 aromatic rings. The van der Waals surface area contributed by atoms with E-state index in [1.165, 1.54) is 12.1 Å². The van der Waals surface area contributed by atoms with Gasteiger partial charge in [0, 0.05) is 0 Å². The number of aliphatic hydroxyl groups is 1. The molecule has 1 N–H and O–H groups in total. The van der Waals surface area contributed by atoms with E-state index in [0.717, 1.165) is 4.47 Å². The third-order valence-corrected chi connectivity index (χ3v) is 4.17. The van der Waals surface area contributed by atoms with Gasteiger partial charge in [-0.1, -0.05) is 6.07 Å². The first kappa shape index (κ1) is 12.8. The van der Waals surface area contributed by atoms with Crippen LogP contribution in [0.15, 0.2) is 37.8 Å². The number of benzene rings is 1. The van der Waals surface area contributed by atoms with Gasteiger partial charge in [-0.25, -0.2) is 4.39 Å². The van der Waals surface area contributed by atoms with Gasteiger partial charge in [-0.2, -0.15) is 0 Å². The topological polar surface area (TPSA) is 33.4 Å². The summed E-state index contributed by atoms with van der Waals surface area (Å²) in [6.45, 7) is 1.74. The summed E-state index contributed by atoms with van der Waals surface area (Å²) in [4.78, 5) is 0. The van der Waals surface area contributed by atoms with Gasteiger partial charge in [-0.05, 0) is 68.1 Å². The molecule has 0 fully saturated rings. The van der Waals surface area contributed by atoms with Crippen molar-refractivity contribution in [3.05, 3.63) is 56.1 Å². The first-order valence-electron chi connectivity index (χ1n) is 4.88. The molecule has 1 aromatic heterocycles. The Morgan fingerprint density at radius 2 is 2.00 bits per heavy atom. The van der Waals surface area contributed by atoms with Gasteiger partial charge in [0.25, 0.3) is 0 Å². The van der Waals surface area contributed by atoms with Crippen molar-refractivity contribution in [1.29, 1.82) is 0 Å². The lowest BCUT2D eigenvalue weighted by Gasteiger charge is -2.11. The lowest BCUT2D eigenvalue weighted by atomic mass is 10.0. The van der Waals surface area contributed by atoms with Gasteiger partial charge in [0.1, 0.15) is 17.7 Å². The van der Waals surface area contributed by atoms with Gasteiger partial charge in [0.2, 0.25) is 0 Å². The van der Waals surface area contributed by atoms with Crippen molar-refractivity contribution in [2.75, 3.05) is 0 Å². The number of aliphatic hydroxyl groups excluding tert-OH is 1. The fourth-order valence-corrected chi connectivity index (χ4v) is 2.21. The molecular formula is C12H9Br2FO2. The summed E-state index contributed by atoms with van der Waals surface area (Å²) in [6, 6.07) is 5.93. The van der Waals surface area contributed by atoms with Gasteiger partial charge in [-0.3, -0.25) is 0 Å². The number of hydrogen-bond acceptors (Lipinski definition) is 2. The summed E-state index contributed by atoms with van der Waals surface area (Å²) < 4.78 is 19.6. The van der Waals surface area contributed by atoms with E-state index in [2.05, 4.69) is 31.9 Å². The van der Waals surface area contributed by atoms with E-state index >= 15 is 0 Å². The predicted octanol–water partition coefficient (Wildman–Crippen LogP) is 4.33. The van der Waals surface area contributed by atoms with E-state index in [4.69, 9.17) is 4.42 Å². The third kappa shape index (κ3) is 2.61. The molecule has 0 aliphatic rings. The Morgan fingerprint density at radius 3 is 2.53 bits per heavy atom. The molecule has 0 saturated carbocycles. The Balaban J connectivity index is 2.39. The van der Waals surface area contributed by atoms with Crippen LogP contribution in [-0.4, -0.2) is 5.11 Å². The van der Waals surface area contributed by atoms with Crippen LogP contribution in [0, 0.1) is 12.7 Å². The fourth-order valence-electron chi connectivity index (χ4n) is 1.60. The van der Waals surface area contributed by atoms with Crippen LogP contribution in [0.3, 0.4) is 0 Å². The first-order valence-corrected chi connectivity index (χ1v) is 6.46. The smallest absolute Gasteiger partial charge is 0.183 e. The number of hydrogen-bond donors (Lipinski definition) is 1. The summed E-state index contributed by atoms with van der Waals surface area (Å²) in [5.41, 5.74) is 1.31. The normalized spacial score (nSPS) is 12.8. The molecule has 90 valence electrons. The van der Waals surface area contributed by atoms with Gasteiger partial charge in [0.15, 0.2) is 4.67 Å². The quantitative estimate of drug-likeness (QED) is 0.861. The van der Waals surface area contributed by atoms with Crippen LogP contribution in [-0.2, 0) is 0 Å². The minimum absolute atomic E-state index is 0.319. The zero-order valence-corrected chi connectivity index (χ0v) is 12.0. The van der Waals surface area contributed by atoms with Crippen molar-refractivity contribution in [1.82, 2.24) is 0 Å². The second-order valence-corrected chi connectivity index (χ2v) is 5.25. The Bertz CT molecular complexity index is 532. The molecule has 0 aliphatic heterocycles. The molecule has 2 rings (SSSR count). The average molecular weight is 364 g/mol. The minimum Gasteiger partial charge on any atom is -0.450 e. The van der Waals surface area contributed by atoms with Gasteiger partial charge in [0.05, 0.1) is 4.47 Å². The van der Waals surface area contributed by atoms with Crippen molar-refractivity contribution < 1.29 is 13.9 Å². The van der Waals surface area contributed by atoms with E-state index in [1.54, 1.807) is 19.1 Å². The summed E-state index contributed by atoms with van der Waals surface area (Å²) >= 11 is 6.48. The molecule has 5 heteroatoms. The van der Waals surface area contributed by atoms with Crippen LogP contribution >= 0.6 is 31.9 Å². The molecule has 0 radical (unpaired) electrons. The highest BCUT2D eigenvalue weighted by molar-refractivity contribution is 9.13. The minimum atomic E-state index is -0.904. The fraction of sp³-hybridized carbons (Fsp3) is 0.167. The SMILES string of the molecule is Cc1cc(F)ccc1C(O)c1cc(Br)c(Br)o1. The third-order valence-electron chi connectivity index (χ3n) is 2.46. The van der Waals surface area contributed by atoms with Crippen molar-refractivity contribution >= 4 is 31.9 Å². The van der Waals surface area contributed by atoms with Crippen molar-refractivity contribution in [2.45, 2.75) is 13.0 Å². The Labute approximate surface area is 115 Å². The molecule has 1 heterocycles. The summed E-state index contributed by atoms with van der Waals surface area (Å²) in [5.74, 6) is 0.0821. The van der Waals surface area contributed by atoms with Crippen LogP contribution < -0.4 is 0 Å². The van der Waals surface area contributed by atoms with Crippen LogP contribution in [0.1, 0.15) is 23.0 Å². The van der Waals surface area contributed by atoms with E-state index in [1.807, 2.05) is 0 Å². The molecule has 2 nitrogen and oxygen atoms in total. The van der Waals surface area contributed by atoms with Crippen LogP contribution in [0.25, 0.3) is 0 Å². The largest absolute Gasteiger partial charge is 0.450 e. The second-order valence-electron chi connectivity index (χ2n) is 3.67. The number of aryl methyl sites for hydroxylation is 1. The number of furan rings is 1. The molecule has 0 spiro atoms. The standard InChI is InChI=1S/C12H9Br2FO2/c1-6-4-7(15)2-3-8(6)11(16)10-5-9(13)12(14)17-10/h2-5,11,16H,1H3. The lowest BCUT2D eigenvalue weighted by molar-refractivity contribution is 0.187. The van der Waals surface area contributed by atoms with Crippen LogP contribution in [0.4, 0.5) is 4.39 Å². The molecule has 0 aliphatic carbocycles. The second kappa shape index (κ2) is 4.92. The summed E-state index contributed by atoms with van der Waals surface area (Å²) in [6.07, 6.45) is -0.904. The maximum atomic E-state index is 13.0. The zero-order chi connectivity index (χ0) is 12.6. The van der Waals surface area contributed by atoms with E-state index in [-0.39, 0.29) is 5.82 Å². The monoisotopic (exact) mass is 362 g/mol. The highest BCUT2D eigenvalue weighted by Crippen LogP contribution is 2.33. The number of rotatable bonds is 2. The van der Waals surface area contributed by atoms with Gasteiger partial charge in [-0.15, -0.1) is 0 Å². The van der Waals surface area contributed by atoms with E-state index in [0.29, 0.717) is 21.6 Å². The maximum absolute atomic E-state index is 13.0. The van der Waals surface area contributed by atoms with Gasteiger partial charge < -0.3 is 9.52 Å². The van der Waals surface area contributed by atoms with Crippen LogP contribution in [0.2, 0.25) is 0 Å². The highest BCUT2D eigenvalue weighted by Gasteiger charge is 2.18. The molecule has 1 unspecified atom stereocenters. The molecule has 1 aromatic carbocycles. The molecule has 0 amide bonds. The Kier molecular flexibility index (Phi) is 3.70. The van der Waals surface area contributed by atoms with Gasteiger partial charge >= 0.3 is 0 Å².